The van der Waals surface area contributed by atoms with Gasteiger partial charge in [-0.2, -0.15) is 0 Å². The third-order valence-corrected chi connectivity index (χ3v) is 5.95. The molecule has 25 heavy (non-hydrogen) atoms. The summed E-state index contributed by atoms with van der Waals surface area (Å²) in [6.07, 6.45) is 10.2. The molecule has 0 aromatic heterocycles. The number of nitroso groups, excluding NO2 is 1. The van der Waals surface area contributed by atoms with Crippen molar-refractivity contribution in [3.05, 3.63) is 27.2 Å². The van der Waals surface area contributed by atoms with Crippen LogP contribution in [0.5, 0.6) is 0 Å². The molecule has 1 aromatic carbocycles. The maximum atomic E-state index is 13.2. The zero-order valence-electron chi connectivity index (χ0n) is 14.4. The minimum absolute atomic E-state index is 0.000155. The summed E-state index contributed by atoms with van der Waals surface area (Å²) >= 11 is 0. The van der Waals surface area contributed by atoms with E-state index in [1.807, 2.05) is 0 Å². The molecule has 4 rings (SSSR count). The highest BCUT2D eigenvalue weighted by Gasteiger charge is 2.56. The number of fused-ring (bicyclic) bond motifs is 1. The van der Waals surface area contributed by atoms with Crippen LogP contribution in [0, 0.1) is 15.0 Å². The van der Waals surface area contributed by atoms with Crippen molar-refractivity contribution in [1.82, 2.24) is 0 Å². The van der Waals surface area contributed by atoms with E-state index in [0.29, 0.717) is 11.4 Å². The van der Waals surface area contributed by atoms with Gasteiger partial charge in [0.2, 0.25) is 0 Å². The Hall–Kier alpha value is -2.18. The fourth-order valence-electron chi connectivity index (χ4n) is 4.62. The summed E-state index contributed by atoms with van der Waals surface area (Å²) in [5.41, 5.74) is 0.931. The Labute approximate surface area is 146 Å². The molecular formula is C18H25N4O3+. The molecule has 2 saturated carbocycles. The highest BCUT2D eigenvalue weighted by molar-refractivity contribution is 5.85. The summed E-state index contributed by atoms with van der Waals surface area (Å²) in [5, 5.41) is 18.3. The lowest BCUT2D eigenvalue weighted by molar-refractivity contribution is -0.541. The molecule has 0 radical (unpaired) electrons. The highest BCUT2D eigenvalue weighted by Crippen LogP contribution is 2.51. The maximum Gasteiger partial charge on any atom is 0.312 e. The van der Waals surface area contributed by atoms with Crippen molar-refractivity contribution >= 4 is 22.7 Å². The third-order valence-electron chi connectivity index (χ3n) is 5.95. The first-order valence-corrected chi connectivity index (χ1v) is 9.44. The lowest BCUT2D eigenvalue weighted by Gasteiger charge is -2.25. The predicted molar refractivity (Wildman–Crippen MR) is 96.3 cm³/mol. The number of benzene rings is 1. The topological polar surface area (TPSA) is 87.3 Å². The Morgan fingerprint density at radius 1 is 1.12 bits per heavy atom. The Morgan fingerprint density at radius 3 is 2.48 bits per heavy atom. The van der Waals surface area contributed by atoms with Crippen LogP contribution < -0.4 is 10.6 Å². The van der Waals surface area contributed by atoms with Crippen molar-refractivity contribution in [2.24, 2.45) is 0 Å². The SMILES string of the molecule is O=[N+]([O-])c1ccc2c(c1NC1CCCCC1)[N+](=O)C1(CCCCC1)N2. The van der Waals surface area contributed by atoms with Crippen LogP contribution in [0.1, 0.15) is 64.2 Å². The number of rotatable bonds is 3. The summed E-state index contributed by atoms with van der Waals surface area (Å²) in [5.74, 6) is 0. The monoisotopic (exact) mass is 345 g/mol. The molecule has 0 saturated heterocycles. The highest BCUT2D eigenvalue weighted by atomic mass is 16.6. The van der Waals surface area contributed by atoms with Crippen molar-refractivity contribution in [1.29, 1.82) is 0 Å². The van der Waals surface area contributed by atoms with Gasteiger partial charge < -0.3 is 10.6 Å². The van der Waals surface area contributed by atoms with Crippen molar-refractivity contribution in [3.8, 4) is 0 Å². The molecule has 7 heteroatoms. The lowest BCUT2D eigenvalue weighted by atomic mass is 9.89. The van der Waals surface area contributed by atoms with Crippen molar-refractivity contribution < 1.29 is 9.68 Å². The molecular weight excluding hydrogens is 320 g/mol. The number of hydrogen-bond acceptors (Lipinski definition) is 5. The van der Waals surface area contributed by atoms with Crippen LogP contribution in [0.2, 0.25) is 0 Å². The maximum absolute atomic E-state index is 13.2. The minimum Gasteiger partial charge on any atom is -0.371 e. The summed E-state index contributed by atoms with van der Waals surface area (Å²) in [7, 11) is 0. The van der Waals surface area contributed by atoms with E-state index in [4.69, 9.17) is 0 Å². The first-order valence-electron chi connectivity index (χ1n) is 9.44. The lowest BCUT2D eigenvalue weighted by Crippen LogP contribution is -2.43. The van der Waals surface area contributed by atoms with Gasteiger partial charge in [-0.1, -0.05) is 25.7 Å². The van der Waals surface area contributed by atoms with Crippen molar-refractivity contribution in [2.45, 2.75) is 75.9 Å². The predicted octanol–water partition coefficient (Wildman–Crippen LogP) is 4.84. The van der Waals surface area contributed by atoms with Gasteiger partial charge in [0.05, 0.1) is 9.68 Å². The average Bonchev–Trinajstić information content (AvgIpc) is 2.88. The van der Waals surface area contributed by atoms with Gasteiger partial charge in [-0.3, -0.25) is 10.1 Å². The Balaban J connectivity index is 1.74. The Bertz CT molecular complexity index is 707. The number of nitro benzene ring substituents is 1. The molecule has 1 aromatic rings. The van der Waals surface area contributed by atoms with Crippen LogP contribution in [0.3, 0.4) is 0 Å². The molecule has 1 heterocycles. The van der Waals surface area contributed by atoms with E-state index in [9.17, 15) is 15.0 Å². The summed E-state index contributed by atoms with van der Waals surface area (Å²) in [6, 6.07) is 3.41. The first kappa shape index (κ1) is 16.3. The quantitative estimate of drug-likeness (QED) is 0.465. The van der Waals surface area contributed by atoms with E-state index in [1.54, 1.807) is 6.07 Å². The minimum atomic E-state index is -0.626. The smallest absolute Gasteiger partial charge is 0.312 e. The van der Waals surface area contributed by atoms with E-state index in [2.05, 4.69) is 10.6 Å². The average molecular weight is 345 g/mol. The second-order valence-corrected chi connectivity index (χ2v) is 7.60. The number of hydrogen-bond donors (Lipinski definition) is 2. The molecule has 3 aliphatic rings. The molecule has 2 aliphatic carbocycles. The van der Waals surface area contributed by atoms with Gasteiger partial charge in [-0.15, -0.1) is 0 Å². The summed E-state index contributed by atoms with van der Waals surface area (Å²) in [4.78, 5) is 24.4. The van der Waals surface area contributed by atoms with Crippen molar-refractivity contribution in [3.63, 3.8) is 0 Å². The Morgan fingerprint density at radius 2 is 1.80 bits per heavy atom. The molecule has 0 bridgehead atoms. The van der Waals surface area contributed by atoms with E-state index in [-0.39, 0.29) is 16.7 Å². The van der Waals surface area contributed by atoms with Gasteiger partial charge in [-0.25, -0.2) is 0 Å². The van der Waals surface area contributed by atoms with Crippen molar-refractivity contribution in [2.75, 3.05) is 10.6 Å². The molecule has 2 fully saturated rings. The second kappa shape index (κ2) is 6.28. The zero-order valence-corrected chi connectivity index (χ0v) is 14.4. The molecule has 134 valence electrons. The molecule has 0 unspecified atom stereocenters. The number of nitrogens with one attached hydrogen (secondary N) is 2. The van der Waals surface area contributed by atoms with Crippen LogP contribution in [0.4, 0.5) is 22.7 Å². The van der Waals surface area contributed by atoms with Crippen LogP contribution in [-0.2, 0) is 0 Å². The fourth-order valence-corrected chi connectivity index (χ4v) is 4.62. The van der Waals surface area contributed by atoms with E-state index >= 15 is 0 Å². The molecule has 0 amide bonds. The summed E-state index contributed by atoms with van der Waals surface area (Å²) < 4.78 is 1.03. The largest absolute Gasteiger partial charge is 0.371 e. The first-order chi connectivity index (χ1) is 12.1. The van der Waals surface area contributed by atoms with Gasteiger partial charge in [0.15, 0.2) is 5.69 Å². The molecule has 7 nitrogen and oxygen atoms in total. The van der Waals surface area contributed by atoms with Gasteiger partial charge >= 0.3 is 5.69 Å². The Kier molecular flexibility index (Phi) is 4.09. The molecule has 1 spiro atoms. The number of nitro groups is 1. The second-order valence-electron chi connectivity index (χ2n) is 7.60. The van der Waals surface area contributed by atoms with Crippen LogP contribution in [-0.4, -0.2) is 21.4 Å². The van der Waals surface area contributed by atoms with Crippen LogP contribution in [0.15, 0.2) is 12.1 Å². The van der Waals surface area contributed by atoms with Crippen LogP contribution >= 0.6 is 0 Å². The summed E-state index contributed by atoms with van der Waals surface area (Å²) in [6.45, 7) is 0. The zero-order chi connectivity index (χ0) is 17.4. The third kappa shape index (κ3) is 2.75. The van der Waals surface area contributed by atoms with E-state index in [1.165, 1.54) is 12.5 Å². The normalized spacial score (nSPS) is 22.5. The molecule has 1 aliphatic heterocycles. The van der Waals surface area contributed by atoms with Crippen LogP contribution in [0.25, 0.3) is 0 Å². The van der Waals surface area contributed by atoms with E-state index < -0.39 is 5.66 Å². The molecule has 0 atom stereocenters. The van der Waals surface area contributed by atoms with Gasteiger partial charge in [-0.05, 0) is 31.7 Å². The standard InChI is InChI=1S/C18H25N4O3/c23-21-17-14(20-18(21)11-5-2-6-12-18)9-10-15(22(24)25)16(17)19-13-7-3-1-4-8-13/h9-10,13,19-20H,1-8,11-12H2/q+1. The van der Waals surface area contributed by atoms with E-state index in [0.717, 1.165) is 68.2 Å². The fraction of sp³-hybridized carbons (Fsp3) is 0.667. The number of anilines is 2. The van der Waals surface area contributed by atoms with Gasteiger partial charge in [0, 0.05) is 29.9 Å². The van der Waals surface area contributed by atoms with Gasteiger partial charge in [0.1, 0.15) is 5.69 Å². The molecule has 2 N–H and O–H groups in total. The number of nitrogens with zero attached hydrogens (tertiary/aromatic N) is 2. The van der Waals surface area contributed by atoms with Gasteiger partial charge in [0.25, 0.3) is 11.4 Å².